The Bertz CT molecular complexity index is 810. The highest BCUT2D eigenvalue weighted by molar-refractivity contribution is 7.99. The first-order valence-corrected chi connectivity index (χ1v) is 8.67. The summed E-state index contributed by atoms with van der Waals surface area (Å²) in [6, 6.07) is 26.8. The third-order valence-corrected chi connectivity index (χ3v) is 4.40. The largest absolute Gasteiger partial charge is 0.473 e. The molecule has 3 rings (SSSR count). The lowest BCUT2D eigenvalue weighted by atomic mass is 10.3. The van der Waals surface area contributed by atoms with E-state index in [0.717, 1.165) is 15.5 Å². The summed E-state index contributed by atoms with van der Waals surface area (Å²) in [5, 5.41) is 5.56. The van der Waals surface area contributed by atoms with Crippen LogP contribution in [-0.2, 0) is 0 Å². The first-order chi connectivity index (χ1) is 12.3. The lowest BCUT2D eigenvalue weighted by Gasteiger charge is -2.12. The number of nitrogens with one attached hydrogen (secondary N) is 2. The minimum Gasteiger partial charge on any atom is -0.473 e. The van der Waals surface area contributed by atoms with Crippen molar-refractivity contribution >= 4 is 23.5 Å². The average molecular weight is 350 g/mol. The number of ether oxygens (including phenoxy) is 1. The van der Waals surface area contributed by atoms with Crippen LogP contribution in [0.4, 0.5) is 10.5 Å². The summed E-state index contributed by atoms with van der Waals surface area (Å²) in [5.74, 6) is 0.711. The highest BCUT2D eigenvalue weighted by Gasteiger charge is 2.07. The minimum atomic E-state index is -0.308. The van der Waals surface area contributed by atoms with E-state index in [9.17, 15) is 4.79 Å². The minimum absolute atomic E-state index is 0.101. The lowest BCUT2D eigenvalue weighted by molar-refractivity contribution is 0.234. The second-order valence-electron chi connectivity index (χ2n) is 5.14. The molecule has 2 N–H and O–H groups in total. The molecule has 0 saturated carbocycles. The fourth-order valence-electron chi connectivity index (χ4n) is 2.14. The maximum absolute atomic E-state index is 12.1. The van der Waals surface area contributed by atoms with Crippen molar-refractivity contribution in [3.63, 3.8) is 0 Å². The van der Waals surface area contributed by atoms with Gasteiger partial charge in [0.1, 0.15) is 5.75 Å². The van der Waals surface area contributed by atoms with Gasteiger partial charge in [0.2, 0.25) is 0 Å². The zero-order chi connectivity index (χ0) is 17.3. The molecular weight excluding hydrogens is 332 g/mol. The van der Waals surface area contributed by atoms with Crippen LogP contribution in [0.25, 0.3) is 0 Å². The van der Waals surface area contributed by atoms with E-state index < -0.39 is 0 Å². The van der Waals surface area contributed by atoms with Crippen LogP contribution in [-0.4, -0.2) is 12.8 Å². The van der Waals surface area contributed by atoms with E-state index >= 15 is 0 Å². The van der Waals surface area contributed by atoms with Crippen molar-refractivity contribution in [2.75, 3.05) is 12.0 Å². The van der Waals surface area contributed by atoms with Gasteiger partial charge in [0.05, 0.1) is 5.69 Å². The summed E-state index contributed by atoms with van der Waals surface area (Å²) in [6.07, 6.45) is 0. The van der Waals surface area contributed by atoms with E-state index in [2.05, 4.69) is 10.6 Å². The van der Waals surface area contributed by atoms with E-state index in [1.807, 2.05) is 84.9 Å². The van der Waals surface area contributed by atoms with Crippen LogP contribution in [0.5, 0.6) is 5.75 Å². The second-order valence-corrected chi connectivity index (χ2v) is 6.26. The van der Waals surface area contributed by atoms with E-state index in [1.54, 1.807) is 11.8 Å². The molecule has 0 bridgehead atoms. The highest BCUT2D eigenvalue weighted by atomic mass is 32.2. The van der Waals surface area contributed by atoms with Gasteiger partial charge in [0.15, 0.2) is 6.73 Å². The van der Waals surface area contributed by atoms with Crippen LogP contribution in [0.15, 0.2) is 94.7 Å². The Balaban J connectivity index is 1.56. The number of carbonyl (C=O) groups is 1. The van der Waals surface area contributed by atoms with Gasteiger partial charge in [-0.15, -0.1) is 0 Å². The molecule has 126 valence electrons. The number of para-hydroxylation sites is 2. The van der Waals surface area contributed by atoms with Gasteiger partial charge in [-0.25, -0.2) is 4.79 Å². The molecule has 2 amide bonds. The summed E-state index contributed by atoms with van der Waals surface area (Å²) in [6.45, 7) is 0.101. The molecule has 0 spiro atoms. The Morgan fingerprint density at radius 2 is 1.48 bits per heavy atom. The summed E-state index contributed by atoms with van der Waals surface area (Å²) >= 11 is 1.60. The molecule has 0 saturated heterocycles. The zero-order valence-electron chi connectivity index (χ0n) is 13.5. The van der Waals surface area contributed by atoms with Crippen molar-refractivity contribution in [1.82, 2.24) is 5.32 Å². The number of hydrogen-bond donors (Lipinski definition) is 2. The number of hydrogen-bond acceptors (Lipinski definition) is 3. The maximum atomic E-state index is 12.1. The Labute approximate surface area is 151 Å². The molecule has 0 radical (unpaired) electrons. The third-order valence-electron chi connectivity index (χ3n) is 3.32. The molecule has 4 nitrogen and oxygen atoms in total. The van der Waals surface area contributed by atoms with Gasteiger partial charge >= 0.3 is 6.03 Å². The smallest absolute Gasteiger partial charge is 0.321 e. The van der Waals surface area contributed by atoms with Gasteiger partial charge in [0.25, 0.3) is 0 Å². The van der Waals surface area contributed by atoms with E-state index in [-0.39, 0.29) is 12.8 Å². The fourth-order valence-corrected chi connectivity index (χ4v) is 3.07. The number of benzene rings is 3. The summed E-state index contributed by atoms with van der Waals surface area (Å²) in [5.41, 5.74) is 0.758. The molecular formula is C20H18N2O2S. The standard InChI is InChI=1S/C20H18N2O2S/c23-20(21-15-24-16-9-3-1-4-10-16)22-18-13-7-8-14-19(18)25-17-11-5-2-6-12-17/h1-14H,15H2,(H2,21,22,23). The molecule has 0 aliphatic heterocycles. The number of anilines is 1. The van der Waals surface area contributed by atoms with Crippen LogP contribution in [0, 0.1) is 0 Å². The van der Waals surface area contributed by atoms with Crippen LogP contribution in [0.1, 0.15) is 0 Å². The zero-order valence-corrected chi connectivity index (χ0v) is 14.3. The van der Waals surface area contributed by atoms with Crippen LogP contribution in [0.3, 0.4) is 0 Å². The van der Waals surface area contributed by atoms with Gasteiger partial charge in [-0.1, -0.05) is 60.3 Å². The molecule has 5 heteroatoms. The van der Waals surface area contributed by atoms with Crippen molar-refractivity contribution in [3.05, 3.63) is 84.9 Å². The molecule has 0 aliphatic carbocycles. The number of carbonyl (C=O) groups excluding carboxylic acids is 1. The molecule has 0 heterocycles. The van der Waals surface area contributed by atoms with Gasteiger partial charge in [-0.3, -0.25) is 0 Å². The van der Waals surface area contributed by atoms with Gasteiger partial charge < -0.3 is 15.4 Å². The van der Waals surface area contributed by atoms with Crippen molar-refractivity contribution < 1.29 is 9.53 Å². The molecule has 3 aromatic carbocycles. The molecule has 0 aromatic heterocycles. The van der Waals surface area contributed by atoms with Crippen LogP contribution >= 0.6 is 11.8 Å². The SMILES string of the molecule is O=C(NCOc1ccccc1)Nc1ccccc1Sc1ccccc1. The quantitative estimate of drug-likeness (QED) is 0.615. The Hall–Kier alpha value is -2.92. The normalized spacial score (nSPS) is 10.1. The van der Waals surface area contributed by atoms with E-state index in [0.29, 0.717) is 5.75 Å². The van der Waals surface area contributed by atoms with Crippen molar-refractivity contribution in [1.29, 1.82) is 0 Å². The first kappa shape index (κ1) is 16.9. The Morgan fingerprint density at radius 1 is 0.840 bits per heavy atom. The molecule has 25 heavy (non-hydrogen) atoms. The number of rotatable bonds is 6. The first-order valence-electron chi connectivity index (χ1n) is 7.86. The van der Waals surface area contributed by atoms with Crippen molar-refractivity contribution in [3.8, 4) is 5.75 Å². The second kappa shape index (κ2) is 8.80. The summed E-state index contributed by atoms with van der Waals surface area (Å²) < 4.78 is 5.46. The Morgan fingerprint density at radius 3 is 2.24 bits per heavy atom. The third kappa shape index (κ3) is 5.29. The highest BCUT2D eigenvalue weighted by Crippen LogP contribution is 2.33. The summed E-state index contributed by atoms with van der Waals surface area (Å²) in [4.78, 5) is 14.2. The van der Waals surface area contributed by atoms with Gasteiger partial charge in [-0.05, 0) is 36.4 Å². The molecule has 3 aromatic rings. The molecule has 0 atom stereocenters. The maximum Gasteiger partial charge on any atom is 0.321 e. The lowest BCUT2D eigenvalue weighted by Crippen LogP contribution is -2.32. The van der Waals surface area contributed by atoms with Crippen LogP contribution < -0.4 is 15.4 Å². The van der Waals surface area contributed by atoms with Gasteiger partial charge in [-0.2, -0.15) is 0 Å². The summed E-state index contributed by atoms with van der Waals surface area (Å²) in [7, 11) is 0. The van der Waals surface area contributed by atoms with Crippen LogP contribution in [0.2, 0.25) is 0 Å². The Kier molecular flexibility index (Phi) is 5.96. The molecule has 0 fully saturated rings. The number of amides is 2. The van der Waals surface area contributed by atoms with E-state index in [1.165, 1.54) is 0 Å². The fraction of sp³-hybridized carbons (Fsp3) is 0.0500. The topological polar surface area (TPSA) is 50.4 Å². The average Bonchev–Trinajstić information content (AvgIpc) is 2.65. The predicted octanol–water partition coefficient (Wildman–Crippen LogP) is 5.00. The monoisotopic (exact) mass is 350 g/mol. The van der Waals surface area contributed by atoms with E-state index in [4.69, 9.17) is 4.74 Å². The predicted molar refractivity (Wildman–Crippen MR) is 101 cm³/mol. The number of urea groups is 1. The molecule has 0 aliphatic rings. The van der Waals surface area contributed by atoms with Crippen molar-refractivity contribution in [2.45, 2.75) is 9.79 Å². The van der Waals surface area contributed by atoms with Gasteiger partial charge in [0, 0.05) is 9.79 Å². The molecule has 0 unspecified atom stereocenters. The van der Waals surface area contributed by atoms with Crippen molar-refractivity contribution in [2.24, 2.45) is 0 Å².